The number of hydrogen-bond acceptors (Lipinski definition) is 4. The van der Waals surface area contributed by atoms with Crippen molar-refractivity contribution in [3.63, 3.8) is 0 Å². The molecule has 3 heterocycles. The summed E-state index contributed by atoms with van der Waals surface area (Å²) in [7, 11) is 0. The van der Waals surface area contributed by atoms with E-state index in [4.69, 9.17) is 13.3 Å². The van der Waals surface area contributed by atoms with Crippen LogP contribution in [0.1, 0.15) is 0 Å². The Kier molecular flexibility index (Phi) is 6.60. The lowest BCUT2D eigenvalue weighted by Gasteiger charge is -2.28. The van der Waals surface area contributed by atoms with Crippen molar-refractivity contribution in [3.05, 3.63) is 188 Å². The average Bonchev–Trinajstić information content (AvgIpc) is 3.96. The van der Waals surface area contributed by atoms with Gasteiger partial charge in [-0.1, -0.05) is 146 Å². The maximum atomic E-state index is 6.88. The number of rotatable bonds is 5. The second-order valence-corrected chi connectivity index (χ2v) is 14.4. The normalized spacial score (nSPS) is 11.9. The summed E-state index contributed by atoms with van der Waals surface area (Å²) in [6.45, 7) is 0. The molecule has 0 aliphatic rings. The van der Waals surface area contributed by atoms with E-state index in [1.54, 1.807) is 0 Å². The van der Waals surface area contributed by atoms with E-state index in [1.807, 2.05) is 24.3 Å². The quantitative estimate of drug-likeness (QED) is 0.178. The van der Waals surface area contributed by atoms with E-state index in [-0.39, 0.29) is 0 Å². The highest BCUT2D eigenvalue weighted by atomic mass is 16.3. The first kappa shape index (κ1) is 30.9. The second-order valence-electron chi connectivity index (χ2n) is 14.4. The Morgan fingerprint density at radius 1 is 0.286 bits per heavy atom. The summed E-state index contributed by atoms with van der Waals surface area (Å²) in [4.78, 5) is 2.32. The van der Waals surface area contributed by atoms with Gasteiger partial charge in [0.25, 0.3) is 0 Å². The van der Waals surface area contributed by atoms with Gasteiger partial charge in [-0.3, -0.25) is 0 Å². The molecule has 0 unspecified atom stereocenters. The molecule has 0 N–H and O–H groups in total. The zero-order chi connectivity index (χ0) is 36.7. The first-order chi connectivity index (χ1) is 27.8. The number of nitrogens with zero attached hydrogens (tertiary/aromatic N) is 1. The molecule has 262 valence electrons. The third-order valence-electron chi connectivity index (χ3n) is 11.3. The van der Waals surface area contributed by atoms with E-state index in [0.717, 1.165) is 116 Å². The van der Waals surface area contributed by atoms with E-state index in [2.05, 4.69) is 169 Å². The van der Waals surface area contributed by atoms with Crippen molar-refractivity contribution in [2.75, 3.05) is 4.90 Å². The molecule has 0 aliphatic carbocycles. The summed E-state index contributed by atoms with van der Waals surface area (Å²) in [5.74, 6) is 0. The molecule has 12 aromatic rings. The molecule has 56 heavy (non-hydrogen) atoms. The molecule has 0 aliphatic heterocycles. The van der Waals surface area contributed by atoms with Crippen LogP contribution in [0.25, 0.3) is 98.8 Å². The van der Waals surface area contributed by atoms with E-state index in [9.17, 15) is 0 Å². The predicted octanol–water partition coefficient (Wildman–Crippen LogP) is 15.3. The molecule has 4 heteroatoms. The Morgan fingerprint density at radius 3 is 1.59 bits per heavy atom. The lowest BCUT2D eigenvalue weighted by atomic mass is 9.98. The van der Waals surface area contributed by atoms with Crippen LogP contribution < -0.4 is 4.90 Å². The van der Waals surface area contributed by atoms with Gasteiger partial charge in [-0.2, -0.15) is 0 Å². The number of hydrogen-bond donors (Lipinski definition) is 0. The number of para-hydroxylation sites is 6. The highest BCUT2D eigenvalue weighted by molar-refractivity contribution is 6.18. The minimum atomic E-state index is 0.827. The van der Waals surface area contributed by atoms with E-state index in [1.165, 1.54) is 0 Å². The first-order valence-electron chi connectivity index (χ1n) is 18.9. The van der Waals surface area contributed by atoms with Crippen LogP contribution in [0, 0.1) is 0 Å². The highest BCUT2D eigenvalue weighted by Gasteiger charge is 2.24. The fourth-order valence-corrected chi connectivity index (χ4v) is 8.72. The van der Waals surface area contributed by atoms with Crippen LogP contribution >= 0.6 is 0 Å². The molecular formula is C52H31NO3. The molecule has 0 atom stereocenters. The number of furan rings is 3. The van der Waals surface area contributed by atoms with Gasteiger partial charge in [0.2, 0.25) is 0 Å². The maximum absolute atomic E-state index is 6.88. The summed E-state index contributed by atoms with van der Waals surface area (Å²) in [5.41, 5.74) is 12.4. The van der Waals surface area contributed by atoms with Crippen LogP contribution in [0.4, 0.5) is 17.1 Å². The monoisotopic (exact) mass is 717 g/mol. The minimum absolute atomic E-state index is 0.827. The number of fused-ring (bicyclic) bond motifs is 11. The van der Waals surface area contributed by atoms with E-state index >= 15 is 0 Å². The predicted molar refractivity (Wildman–Crippen MR) is 231 cm³/mol. The van der Waals surface area contributed by atoms with Crippen molar-refractivity contribution in [1.82, 2.24) is 0 Å². The molecule has 0 saturated carbocycles. The lowest BCUT2D eigenvalue weighted by molar-refractivity contribution is 0.669. The molecule has 0 amide bonds. The van der Waals surface area contributed by atoms with Crippen molar-refractivity contribution in [2.45, 2.75) is 0 Å². The number of anilines is 3. The van der Waals surface area contributed by atoms with Crippen LogP contribution in [0.3, 0.4) is 0 Å². The molecule has 9 aromatic carbocycles. The van der Waals surface area contributed by atoms with Gasteiger partial charge in [0.15, 0.2) is 5.58 Å². The standard InChI is InChI=1S/C52H31NO3/c1-2-13-35-32(12-1)28-31-44-43-20-10-18-40(51(43)56-50(35)44)37-14-3-6-22-45(37)53(46-23-11-21-42-39-16-5-8-25-48(39)55-52(42)46)34-29-26-33(27-30-34)36-17-9-19-41-38-15-4-7-24-47(38)54-49(36)41/h1-31H. The van der Waals surface area contributed by atoms with Crippen LogP contribution in [0.15, 0.2) is 201 Å². The van der Waals surface area contributed by atoms with Crippen molar-refractivity contribution in [2.24, 2.45) is 0 Å². The highest BCUT2D eigenvalue weighted by Crippen LogP contribution is 2.48. The maximum Gasteiger partial charge on any atom is 0.159 e. The first-order valence-corrected chi connectivity index (χ1v) is 18.9. The van der Waals surface area contributed by atoms with Gasteiger partial charge in [0, 0.05) is 60.1 Å². The van der Waals surface area contributed by atoms with Gasteiger partial charge in [-0.25, -0.2) is 0 Å². The Bertz CT molecular complexity index is 3490. The molecule has 0 fully saturated rings. The Hall–Kier alpha value is -7.56. The molecule has 0 radical (unpaired) electrons. The summed E-state index contributed by atoms with van der Waals surface area (Å²) in [6.07, 6.45) is 0. The molecule has 4 nitrogen and oxygen atoms in total. The Balaban J connectivity index is 1.08. The van der Waals surface area contributed by atoms with Gasteiger partial charge in [-0.15, -0.1) is 0 Å². The van der Waals surface area contributed by atoms with Crippen LogP contribution in [0.2, 0.25) is 0 Å². The van der Waals surface area contributed by atoms with Gasteiger partial charge in [-0.05, 0) is 53.4 Å². The van der Waals surface area contributed by atoms with Gasteiger partial charge in [0.05, 0.1) is 11.4 Å². The summed E-state index contributed by atoms with van der Waals surface area (Å²) >= 11 is 0. The van der Waals surface area contributed by atoms with Gasteiger partial charge < -0.3 is 18.2 Å². The summed E-state index contributed by atoms with van der Waals surface area (Å²) in [5, 5.41) is 8.86. The van der Waals surface area contributed by atoms with Crippen molar-refractivity contribution in [1.29, 1.82) is 0 Å². The van der Waals surface area contributed by atoms with Crippen molar-refractivity contribution in [3.8, 4) is 22.3 Å². The third kappa shape index (κ3) is 4.53. The average molecular weight is 718 g/mol. The van der Waals surface area contributed by atoms with Gasteiger partial charge >= 0.3 is 0 Å². The van der Waals surface area contributed by atoms with E-state index in [0.29, 0.717) is 0 Å². The van der Waals surface area contributed by atoms with Gasteiger partial charge in [0.1, 0.15) is 27.9 Å². The fourth-order valence-electron chi connectivity index (χ4n) is 8.72. The fraction of sp³-hybridized carbons (Fsp3) is 0. The molecule has 0 saturated heterocycles. The SMILES string of the molecule is c1ccc(N(c2ccc(-c3cccc4c3oc3ccccc34)cc2)c2cccc3c2oc2ccccc23)c(-c2cccc3c2oc2c4ccccc4ccc32)c1. The van der Waals surface area contributed by atoms with Crippen LogP contribution in [-0.4, -0.2) is 0 Å². The van der Waals surface area contributed by atoms with E-state index < -0.39 is 0 Å². The smallest absolute Gasteiger partial charge is 0.159 e. The summed E-state index contributed by atoms with van der Waals surface area (Å²) in [6, 6.07) is 65.9. The van der Waals surface area contributed by atoms with Crippen LogP contribution in [-0.2, 0) is 0 Å². The Labute approximate surface area is 321 Å². The topological polar surface area (TPSA) is 42.7 Å². The van der Waals surface area contributed by atoms with Crippen LogP contribution in [0.5, 0.6) is 0 Å². The largest absolute Gasteiger partial charge is 0.455 e. The molecule has 12 rings (SSSR count). The number of benzene rings is 9. The molecule has 0 spiro atoms. The molecular weight excluding hydrogens is 687 g/mol. The minimum Gasteiger partial charge on any atom is -0.455 e. The molecule has 3 aromatic heterocycles. The molecule has 0 bridgehead atoms. The summed E-state index contributed by atoms with van der Waals surface area (Å²) < 4.78 is 20.0. The zero-order valence-corrected chi connectivity index (χ0v) is 30.1. The second kappa shape index (κ2) is 12.0. The third-order valence-corrected chi connectivity index (χ3v) is 11.3. The lowest BCUT2D eigenvalue weighted by Crippen LogP contribution is -2.11. The zero-order valence-electron chi connectivity index (χ0n) is 30.1. The Morgan fingerprint density at radius 2 is 0.804 bits per heavy atom. The van der Waals surface area contributed by atoms with Crippen molar-refractivity contribution < 1.29 is 13.3 Å². The van der Waals surface area contributed by atoms with Crippen molar-refractivity contribution >= 4 is 93.7 Å².